The maximum atomic E-state index is 11.7. The van der Waals surface area contributed by atoms with Crippen LogP contribution >= 0.6 is 0 Å². The molecule has 1 aliphatic carbocycles. The van der Waals surface area contributed by atoms with E-state index >= 15 is 0 Å². The first-order chi connectivity index (χ1) is 8.76. The monoisotopic (exact) mass is 290 g/mol. The van der Waals surface area contributed by atoms with Gasteiger partial charge in [-0.2, -0.15) is 0 Å². The van der Waals surface area contributed by atoms with E-state index in [4.69, 9.17) is 0 Å². The maximum absolute atomic E-state index is 11.7. The van der Waals surface area contributed by atoms with E-state index < -0.39 is 9.84 Å². The second-order valence-electron chi connectivity index (χ2n) is 5.88. The molecule has 19 heavy (non-hydrogen) atoms. The highest BCUT2D eigenvalue weighted by Crippen LogP contribution is 2.40. The fourth-order valence-corrected chi connectivity index (χ4v) is 3.81. The highest BCUT2D eigenvalue weighted by atomic mass is 32.2. The average molecular weight is 290 g/mol. The van der Waals surface area contributed by atoms with E-state index in [1.54, 1.807) is 6.92 Å². The Kier molecular flexibility index (Phi) is 5.64. The van der Waals surface area contributed by atoms with Crippen LogP contribution in [0.2, 0.25) is 0 Å². The third-order valence-electron chi connectivity index (χ3n) is 3.97. The molecule has 112 valence electrons. The van der Waals surface area contributed by atoms with E-state index in [9.17, 15) is 13.2 Å². The van der Waals surface area contributed by atoms with Gasteiger partial charge in [0.1, 0.15) is 9.84 Å². The Labute approximate surface area is 116 Å². The molecule has 0 bridgehead atoms. The average Bonchev–Trinajstić information content (AvgIpc) is 2.73. The van der Waals surface area contributed by atoms with Crippen molar-refractivity contribution in [2.75, 3.05) is 18.6 Å². The zero-order valence-corrected chi connectivity index (χ0v) is 13.0. The summed E-state index contributed by atoms with van der Waals surface area (Å²) in [6.45, 7) is 4.55. The van der Waals surface area contributed by atoms with Crippen molar-refractivity contribution in [3.63, 3.8) is 0 Å². The predicted octanol–water partition coefficient (Wildman–Crippen LogP) is 1.69. The molecule has 0 spiro atoms. The summed E-state index contributed by atoms with van der Waals surface area (Å²) in [5.74, 6) is -0.0284. The lowest BCUT2D eigenvalue weighted by Gasteiger charge is -2.28. The Morgan fingerprint density at radius 2 is 1.89 bits per heavy atom. The van der Waals surface area contributed by atoms with Crippen LogP contribution in [-0.4, -0.2) is 39.0 Å². The fourth-order valence-electron chi connectivity index (χ4n) is 2.82. The summed E-state index contributed by atoms with van der Waals surface area (Å²) in [6, 6.07) is -0.632. The van der Waals surface area contributed by atoms with Gasteiger partial charge in [-0.25, -0.2) is 13.2 Å². The quantitative estimate of drug-likeness (QED) is 0.781. The van der Waals surface area contributed by atoms with Gasteiger partial charge in [-0.15, -0.1) is 0 Å². The molecule has 6 heteroatoms. The van der Waals surface area contributed by atoms with Crippen molar-refractivity contribution in [3.05, 3.63) is 0 Å². The molecular weight excluding hydrogens is 264 g/mol. The number of hydrogen-bond acceptors (Lipinski definition) is 3. The first-order valence-corrected chi connectivity index (χ1v) is 9.04. The summed E-state index contributed by atoms with van der Waals surface area (Å²) in [7, 11) is -3.06. The third kappa shape index (κ3) is 5.80. The summed E-state index contributed by atoms with van der Waals surface area (Å²) >= 11 is 0. The second-order valence-corrected chi connectivity index (χ2v) is 8.07. The molecule has 0 heterocycles. The molecule has 0 radical (unpaired) electrons. The van der Waals surface area contributed by atoms with Crippen molar-refractivity contribution in [2.45, 2.75) is 52.0 Å². The Morgan fingerprint density at radius 3 is 2.37 bits per heavy atom. The molecule has 2 N–H and O–H groups in total. The molecule has 1 fully saturated rings. The molecule has 2 amide bonds. The van der Waals surface area contributed by atoms with Crippen LogP contribution in [0, 0.1) is 5.41 Å². The van der Waals surface area contributed by atoms with Crippen LogP contribution < -0.4 is 10.6 Å². The second kappa shape index (κ2) is 6.59. The number of carbonyl (C=O) groups excluding carboxylic acids is 1. The van der Waals surface area contributed by atoms with E-state index in [0.29, 0.717) is 6.54 Å². The van der Waals surface area contributed by atoms with Crippen LogP contribution in [0.5, 0.6) is 0 Å². The van der Waals surface area contributed by atoms with Gasteiger partial charge in [0.25, 0.3) is 0 Å². The van der Waals surface area contributed by atoms with Gasteiger partial charge in [0.15, 0.2) is 0 Å². The van der Waals surface area contributed by atoms with Crippen molar-refractivity contribution >= 4 is 15.9 Å². The first kappa shape index (κ1) is 16.3. The Balaban J connectivity index is 2.35. The molecule has 0 aromatic rings. The van der Waals surface area contributed by atoms with Crippen molar-refractivity contribution in [1.29, 1.82) is 0 Å². The SMILES string of the molecule is CCC1(CNC(=O)NC(C)CS(C)(=O)=O)CCCC1. The Morgan fingerprint density at radius 1 is 1.32 bits per heavy atom. The number of nitrogens with one attached hydrogen (secondary N) is 2. The molecule has 1 atom stereocenters. The molecule has 0 aliphatic heterocycles. The number of amides is 2. The number of carbonyl (C=O) groups is 1. The van der Waals surface area contributed by atoms with Crippen molar-refractivity contribution in [2.24, 2.45) is 5.41 Å². The van der Waals surface area contributed by atoms with E-state index in [-0.39, 0.29) is 23.2 Å². The minimum Gasteiger partial charge on any atom is -0.338 e. The smallest absolute Gasteiger partial charge is 0.315 e. The van der Waals surface area contributed by atoms with Crippen LogP contribution in [0.25, 0.3) is 0 Å². The van der Waals surface area contributed by atoms with Gasteiger partial charge in [-0.05, 0) is 31.6 Å². The number of hydrogen-bond donors (Lipinski definition) is 2. The number of urea groups is 1. The lowest BCUT2D eigenvalue weighted by molar-refractivity contribution is 0.223. The van der Waals surface area contributed by atoms with E-state index in [1.165, 1.54) is 31.9 Å². The molecule has 1 rings (SSSR count). The highest BCUT2D eigenvalue weighted by Gasteiger charge is 2.32. The van der Waals surface area contributed by atoms with E-state index in [1.807, 2.05) is 0 Å². The maximum Gasteiger partial charge on any atom is 0.315 e. The predicted molar refractivity (Wildman–Crippen MR) is 76.9 cm³/mol. The highest BCUT2D eigenvalue weighted by molar-refractivity contribution is 7.90. The van der Waals surface area contributed by atoms with Gasteiger partial charge in [0.2, 0.25) is 0 Å². The van der Waals surface area contributed by atoms with Crippen molar-refractivity contribution < 1.29 is 13.2 Å². The van der Waals surface area contributed by atoms with E-state index in [0.717, 1.165) is 6.42 Å². The van der Waals surface area contributed by atoms with Crippen LogP contribution in [0.3, 0.4) is 0 Å². The minimum absolute atomic E-state index is 0.0284. The Bertz CT molecular complexity index is 400. The molecular formula is C13H26N2O3S. The Hall–Kier alpha value is -0.780. The summed E-state index contributed by atoms with van der Waals surface area (Å²) in [6.07, 6.45) is 7.06. The first-order valence-electron chi connectivity index (χ1n) is 6.98. The van der Waals surface area contributed by atoms with Gasteiger partial charge >= 0.3 is 6.03 Å². The van der Waals surface area contributed by atoms with Gasteiger partial charge in [0.05, 0.1) is 5.75 Å². The molecule has 0 aromatic carbocycles. The molecule has 0 aromatic heterocycles. The van der Waals surface area contributed by atoms with E-state index in [2.05, 4.69) is 17.6 Å². The van der Waals surface area contributed by atoms with Crippen LogP contribution in [0.1, 0.15) is 46.0 Å². The summed E-state index contributed by atoms with van der Waals surface area (Å²) in [5.41, 5.74) is 0.247. The van der Waals surface area contributed by atoms with Crippen LogP contribution in [0.15, 0.2) is 0 Å². The largest absolute Gasteiger partial charge is 0.338 e. The molecule has 5 nitrogen and oxygen atoms in total. The standard InChI is InChI=1S/C13H26N2O3S/c1-4-13(7-5-6-8-13)10-14-12(16)15-11(2)9-19(3,17)18/h11H,4-10H2,1-3H3,(H2,14,15,16). The lowest BCUT2D eigenvalue weighted by atomic mass is 9.83. The number of sulfone groups is 1. The van der Waals surface area contributed by atoms with Gasteiger partial charge in [-0.1, -0.05) is 19.8 Å². The topological polar surface area (TPSA) is 75.3 Å². The minimum atomic E-state index is -3.06. The van der Waals surface area contributed by atoms with Gasteiger partial charge in [-0.3, -0.25) is 0 Å². The van der Waals surface area contributed by atoms with Gasteiger partial charge in [0, 0.05) is 18.8 Å². The van der Waals surface area contributed by atoms with Crippen LogP contribution in [-0.2, 0) is 9.84 Å². The lowest BCUT2D eigenvalue weighted by Crippen LogP contribution is -2.46. The summed E-state index contributed by atoms with van der Waals surface area (Å²) in [4.78, 5) is 11.7. The summed E-state index contributed by atoms with van der Waals surface area (Å²) < 4.78 is 22.2. The fraction of sp³-hybridized carbons (Fsp3) is 0.923. The normalized spacial score (nSPS) is 19.9. The van der Waals surface area contributed by atoms with Gasteiger partial charge < -0.3 is 10.6 Å². The third-order valence-corrected chi connectivity index (χ3v) is 5.07. The summed E-state index contributed by atoms with van der Waals surface area (Å²) in [5, 5.41) is 5.56. The van der Waals surface area contributed by atoms with Crippen LogP contribution in [0.4, 0.5) is 4.79 Å². The molecule has 1 unspecified atom stereocenters. The molecule has 0 saturated heterocycles. The zero-order valence-electron chi connectivity index (χ0n) is 12.2. The zero-order chi connectivity index (χ0) is 14.5. The number of rotatable bonds is 6. The molecule has 1 saturated carbocycles. The molecule has 1 aliphatic rings. The van der Waals surface area contributed by atoms with Crippen molar-refractivity contribution in [1.82, 2.24) is 10.6 Å². The van der Waals surface area contributed by atoms with Crippen molar-refractivity contribution in [3.8, 4) is 0 Å².